The van der Waals surface area contributed by atoms with E-state index in [0.717, 1.165) is 35.7 Å². The van der Waals surface area contributed by atoms with Crippen LogP contribution < -0.4 is 5.32 Å². The van der Waals surface area contributed by atoms with Crippen LogP contribution in [-0.4, -0.2) is 27.5 Å². The highest BCUT2D eigenvalue weighted by Gasteiger charge is 2.16. The van der Waals surface area contributed by atoms with Gasteiger partial charge in [-0.3, -0.25) is 4.98 Å². The second-order valence-corrected chi connectivity index (χ2v) is 5.05. The molecule has 0 bridgehead atoms. The Kier molecular flexibility index (Phi) is 3.51. The first-order chi connectivity index (χ1) is 9.31. The smallest absolute Gasteiger partial charge is 0.130 e. The highest BCUT2D eigenvalue weighted by molar-refractivity contribution is 5.57. The highest BCUT2D eigenvalue weighted by Crippen LogP contribution is 2.17. The highest BCUT2D eigenvalue weighted by atomic mass is 15.0. The molecule has 1 N–H and O–H groups in total. The Bertz CT molecular complexity index is 547. The molecule has 1 unspecified atom stereocenters. The Labute approximate surface area is 113 Å². The fourth-order valence-electron chi connectivity index (χ4n) is 2.53. The molecular formula is C15H18N4. The molecule has 1 atom stereocenters. The zero-order valence-electron chi connectivity index (χ0n) is 11.1. The van der Waals surface area contributed by atoms with Crippen molar-refractivity contribution in [2.45, 2.75) is 32.2 Å². The van der Waals surface area contributed by atoms with Crippen molar-refractivity contribution in [3.8, 4) is 11.3 Å². The maximum atomic E-state index is 4.68. The van der Waals surface area contributed by atoms with Gasteiger partial charge in [-0.05, 0) is 44.5 Å². The van der Waals surface area contributed by atoms with Crippen molar-refractivity contribution in [1.29, 1.82) is 0 Å². The molecule has 1 saturated heterocycles. The maximum Gasteiger partial charge on any atom is 0.130 e. The average Bonchev–Trinajstić information content (AvgIpc) is 2.92. The second kappa shape index (κ2) is 5.45. The van der Waals surface area contributed by atoms with Crippen molar-refractivity contribution in [3.05, 3.63) is 42.1 Å². The van der Waals surface area contributed by atoms with Gasteiger partial charge in [0.1, 0.15) is 5.82 Å². The van der Waals surface area contributed by atoms with Crippen molar-refractivity contribution in [2.75, 3.05) is 6.54 Å². The van der Waals surface area contributed by atoms with E-state index >= 15 is 0 Å². The number of hydrogen-bond donors (Lipinski definition) is 1. The normalized spacial score (nSPS) is 18.7. The third-order valence-electron chi connectivity index (χ3n) is 3.45. The van der Waals surface area contributed by atoms with Crippen molar-refractivity contribution < 1.29 is 0 Å². The Morgan fingerprint density at radius 1 is 1.37 bits per heavy atom. The molecule has 19 heavy (non-hydrogen) atoms. The minimum Gasteiger partial charge on any atom is -0.314 e. The molecule has 0 aliphatic carbocycles. The summed E-state index contributed by atoms with van der Waals surface area (Å²) in [5, 5.41) is 3.49. The van der Waals surface area contributed by atoms with Gasteiger partial charge >= 0.3 is 0 Å². The van der Waals surface area contributed by atoms with Crippen LogP contribution in [0.5, 0.6) is 0 Å². The summed E-state index contributed by atoms with van der Waals surface area (Å²) < 4.78 is 0. The molecule has 2 aromatic rings. The lowest BCUT2D eigenvalue weighted by Gasteiger charge is -2.10. The number of rotatable bonds is 3. The molecule has 98 valence electrons. The second-order valence-electron chi connectivity index (χ2n) is 5.05. The fraction of sp³-hybridized carbons (Fsp3) is 0.400. The van der Waals surface area contributed by atoms with Gasteiger partial charge < -0.3 is 5.32 Å². The lowest BCUT2D eigenvalue weighted by atomic mass is 10.1. The van der Waals surface area contributed by atoms with E-state index < -0.39 is 0 Å². The van der Waals surface area contributed by atoms with Crippen molar-refractivity contribution in [3.63, 3.8) is 0 Å². The summed E-state index contributed by atoms with van der Waals surface area (Å²) in [7, 11) is 0. The molecule has 0 radical (unpaired) electrons. The zero-order valence-corrected chi connectivity index (χ0v) is 11.1. The zero-order chi connectivity index (χ0) is 13.1. The van der Waals surface area contributed by atoms with Crippen molar-refractivity contribution in [2.24, 2.45) is 0 Å². The van der Waals surface area contributed by atoms with Crippen LogP contribution in [0, 0.1) is 6.92 Å². The van der Waals surface area contributed by atoms with Gasteiger partial charge in [0.25, 0.3) is 0 Å². The summed E-state index contributed by atoms with van der Waals surface area (Å²) in [6.07, 6.45) is 7.01. The van der Waals surface area contributed by atoms with Crippen LogP contribution in [-0.2, 0) is 6.42 Å². The van der Waals surface area contributed by atoms with E-state index in [-0.39, 0.29) is 0 Å². The molecule has 3 heterocycles. The third-order valence-corrected chi connectivity index (χ3v) is 3.45. The number of aryl methyl sites for hydroxylation is 1. The van der Waals surface area contributed by atoms with E-state index in [4.69, 9.17) is 0 Å². The number of aromatic nitrogens is 3. The van der Waals surface area contributed by atoms with Crippen LogP contribution >= 0.6 is 0 Å². The SMILES string of the molecule is Cc1cc(-c2cccnc2)nc(CC2CCCN2)n1. The van der Waals surface area contributed by atoms with Crippen molar-refractivity contribution >= 4 is 0 Å². The summed E-state index contributed by atoms with van der Waals surface area (Å²) in [4.78, 5) is 13.4. The van der Waals surface area contributed by atoms with Gasteiger partial charge in [-0.1, -0.05) is 0 Å². The summed E-state index contributed by atoms with van der Waals surface area (Å²) in [5.74, 6) is 0.929. The predicted molar refractivity (Wildman–Crippen MR) is 74.7 cm³/mol. The Balaban J connectivity index is 1.87. The molecular weight excluding hydrogens is 236 g/mol. The molecule has 3 rings (SSSR count). The van der Waals surface area contributed by atoms with Crippen molar-refractivity contribution in [1.82, 2.24) is 20.3 Å². The van der Waals surface area contributed by atoms with E-state index in [1.54, 1.807) is 6.20 Å². The quantitative estimate of drug-likeness (QED) is 0.911. The van der Waals surface area contributed by atoms with Gasteiger partial charge in [0.05, 0.1) is 5.69 Å². The molecule has 4 heteroatoms. The van der Waals surface area contributed by atoms with Gasteiger partial charge in [0, 0.05) is 36.1 Å². The first kappa shape index (κ1) is 12.2. The van der Waals surface area contributed by atoms with Crippen LogP contribution in [0.1, 0.15) is 24.4 Å². The first-order valence-electron chi connectivity index (χ1n) is 6.79. The van der Waals surface area contributed by atoms with Gasteiger partial charge in [-0.2, -0.15) is 0 Å². The van der Waals surface area contributed by atoms with Crippen LogP contribution in [0.4, 0.5) is 0 Å². The minimum atomic E-state index is 0.531. The number of nitrogens with one attached hydrogen (secondary N) is 1. The number of pyridine rings is 1. The van der Waals surface area contributed by atoms with E-state index in [9.17, 15) is 0 Å². The van der Waals surface area contributed by atoms with E-state index in [1.807, 2.05) is 31.3 Å². The molecule has 1 fully saturated rings. The lowest BCUT2D eigenvalue weighted by Crippen LogP contribution is -2.24. The Morgan fingerprint density at radius 3 is 3.05 bits per heavy atom. The fourth-order valence-corrected chi connectivity index (χ4v) is 2.53. The lowest BCUT2D eigenvalue weighted by molar-refractivity contribution is 0.584. The van der Waals surface area contributed by atoms with E-state index in [0.29, 0.717) is 6.04 Å². The van der Waals surface area contributed by atoms with Gasteiger partial charge in [0.15, 0.2) is 0 Å². The molecule has 1 aliphatic heterocycles. The molecule has 0 amide bonds. The predicted octanol–water partition coefficient (Wildman–Crippen LogP) is 2.14. The van der Waals surface area contributed by atoms with Crippen LogP contribution in [0.15, 0.2) is 30.6 Å². The number of nitrogens with zero attached hydrogens (tertiary/aromatic N) is 3. The maximum absolute atomic E-state index is 4.68. The standard InChI is InChI=1S/C15H18N4/c1-11-8-14(12-4-2-6-16-10-12)19-15(18-11)9-13-5-3-7-17-13/h2,4,6,8,10,13,17H,3,5,7,9H2,1H3. The Morgan fingerprint density at radius 2 is 2.32 bits per heavy atom. The average molecular weight is 254 g/mol. The van der Waals surface area contributed by atoms with Gasteiger partial charge in [-0.15, -0.1) is 0 Å². The summed E-state index contributed by atoms with van der Waals surface area (Å²) in [6, 6.07) is 6.52. The van der Waals surface area contributed by atoms with Gasteiger partial charge in [-0.25, -0.2) is 9.97 Å². The largest absolute Gasteiger partial charge is 0.314 e. The molecule has 1 aliphatic rings. The summed E-state index contributed by atoms with van der Waals surface area (Å²) in [5.41, 5.74) is 3.03. The topological polar surface area (TPSA) is 50.7 Å². The Hall–Kier alpha value is -1.81. The van der Waals surface area contributed by atoms with Crippen LogP contribution in [0.2, 0.25) is 0 Å². The number of hydrogen-bond acceptors (Lipinski definition) is 4. The molecule has 2 aromatic heterocycles. The molecule has 0 spiro atoms. The monoisotopic (exact) mass is 254 g/mol. The minimum absolute atomic E-state index is 0.531. The van der Waals surface area contributed by atoms with Crippen LogP contribution in [0.3, 0.4) is 0 Å². The van der Waals surface area contributed by atoms with E-state index in [1.165, 1.54) is 12.8 Å². The van der Waals surface area contributed by atoms with Gasteiger partial charge in [0.2, 0.25) is 0 Å². The molecule has 4 nitrogen and oxygen atoms in total. The van der Waals surface area contributed by atoms with E-state index in [2.05, 4.69) is 20.3 Å². The molecule has 0 saturated carbocycles. The summed E-state index contributed by atoms with van der Waals surface area (Å²) in [6.45, 7) is 3.14. The van der Waals surface area contributed by atoms with Crippen LogP contribution in [0.25, 0.3) is 11.3 Å². The first-order valence-corrected chi connectivity index (χ1v) is 6.79. The summed E-state index contributed by atoms with van der Waals surface area (Å²) >= 11 is 0. The third kappa shape index (κ3) is 2.96. The molecule has 0 aromatic carbocycles.